The van der Waals surface area contributed by atoms with Gasteiger partial charge in [-0.15, -0.1) is 0 Å². The van der Waals surface area contributed by atoms with Crippen molar-refractivity contribution in [2.45, 2.75) is 38.9 Å². The van der Waals surface area contributed by atoms with Crippen LogP contribution in [0.2, 0.25) is 0 Å². The van der Waals surface area contributed by atoms with E-state index in [0.717, 1.165) is 23.5 Å². The molecule has 1 aliphatic carbocycles. The first-order valence-electron chi connectivity index (χ1n) is 8.57. The van der Waals surface area contributed by atoms with E-state index in [1.807, 2.05) is 23.0 Å². The van der Waals surface area contributed by atoms with E-state index in [9.17, 15) is 0 Å². The molecule has 3 aromatic rings. The van der Waals surface area contributed by atoms with Crippen molar-refractivity contribution in [3.05, 3.63) is 71.4 Å². The van der Waals surface area contributed by atoms with E-state index in [0.29, 0.717) is 12.6 Å². The van der Waals surface area contributed by atoms with E-state index in [1.54, 1.807) is 0 Å². The first-order valence-corrected chi connectivity index (χ1v) is 8.57. The second-order valence-electron chi connectivity index (χ2n) is 6.47. The standard InChI is InChI=1S/C20H22N4/c1-15-7-5-6-10-17(15)14-24-22-19(13-21-18-11-12-18)20(23-24)16-8-3-2-4-9-16/h2-10,18,21H,11-14H2,1H3. The molecule has 1 N–H and O–H groups in total. The Bertz CT molecular complexity index is 819. The van der Waals surface area contributed by atoms with Crippen LogP contribution in [0, 0.1) is 6.92 Å². The molecule has 0 amide bonds. The third-order valence-electron chi connectivity index (χ3n) is 4.48. The van der Waals surface area contributed by atoms with Gasteiger partial charge in [-0.2, -0.15) is 15.0 Å². The van der Waals surface area contributed by atoms with Crippen LogP contribution in [0.15, 0.2) is 54.6 Å². The van der Waals surface area contributed by atoms with Crippen molar-refractivity contribution in [1.29, 1.82) is 0 Å². The van der Waals surface area contributed by atoms with Gasteiger partial charge in [-0.25, -0.2) is 0 Å². The van der Waals surface area contributed by atoms with Gasteiger partial charge in [0.2, 0.25) is 0 Å². The number of nitrogens with zero attached hydrogens (tertiary/aromatic N) is 3. The minimum Gasteiger partial charge on any atom is -0.308 e. The lowest BCUT2D eigenvalue weighted by Crippen LogP contribution is -2.16. The number of aryl methyl sites for hydroxylation is 1. The van der Waals surface area contributed by atoms with Gasteiger partial charge in [0.25, 0.3) is 0 Å². The average Bonchev–Trinajstić information content (AvgIpc) is 3.36. The van der Waals surface area contributed by atoms with Gasteiger partial charge < -0.3 is 5.32 Å². The summed E-state index contributed by atoms with van der Waals surface area (Å²) in [5.41, 5.74) is 5.67. The molecule has 4 nitrogen and oxygen atoms in total. The molecule has 0 atom stereocenters. The number of nitrogens with one attached hydrogen (secondary N) is 1. The van der Waals surface area contributed by atoms with Crippen molar-refractivity contribution in [2.24, 2.45) is 0 Å². The van der Waals surface area contributed by atoms with E-state index < -0.39 is 0 Å². The average molecular weight is 318 g/mol. The first kappa shape index (κ1) is 15.1. The van der Waals surface area contributed by atoms with Gasteiger partial charge in [0.05, 0.1) is 6.54 Å². The summed E-state index contributed by atoms with van der Waals surface area (Å²) in [6, 6.07) is 19.4. The van der Waals surface area contributed by atoms with Crippen molar-refractivity contribution >= 4 is 0 Å². The van der Waals surface area contributed by atoms with Crippen LogP contribution in [-0.4, -0.2) is 21.0 Å². The second-order valence-corrected chi connectivity index (χ2v) is 6.47. The van der Waals surface area contributed by atoms with Gasteiger partial charge in [0.15, 0.2) is 0 Å². The number of benzene rings is 2. The summed E-state index contributed by atoms with van der Waals surface area (Å²) in [6.45, 7) is 3.62. The molecular weight excluding hydrogens is 296 g/mol. The lowest BCUT2D eigenvalue weighted by atomic mass is 10.1. The summed E-state index contributed by atoms with van der Waals surface area (Å²) >= 11 is 0. The van der Waals surface area contributed by atoms with Crippen molar-refractivity contribution < 1.29 is 0 Å². The van der Waals surface area contributed by atoms with Crippen molar-refractivity contribution in [2.75, 3.05) is 0 Å². The fourth-order valence-corrected chi connectivity index (χ4v) is 2.86. The van der Waals surface area contributed by atoms with Crippen LogP contribution in [0.3, 0.4) is 0 Å². The molecule has 0 bridgehead atoms. The van der Waals surface area contributed by atoms with Crippen molar-refractivity contribution in [1.82, 2.24) is 20.3 Å². The van der Waals surface area contributed by atoms with Crippen LogP contribution in [0.5, 0.6) is 0 Å². The summed E-state index contributed by atoms with van der Waals surface area (Å²) in [4.78, 5) is 1.83. The molecule has 0 unspecified atom stereocenters. The third kappa shape index (κ3) is 3.39. The molecule has 4 rings (SSSR count). The normalized spacial score (nSPS) is 14.0. The molecule has 122 valence electrons. The molecule has 0 saturated heterocycles. The van der Waals surface area contributed by atoms with E-state index in [2.05, 4.69) is 48.6 Å². The monoisotopic (exact) mass is 318 g/mol. The predicted molar refractivity (Wildman–Crippen MR) is 95.6 cm³/mol. The lowest BCUT2D eigenvalue weighted by molar-refractivity contribution is 0.574. The molecule has 1 fully saturated rings. The Labute approximate surface area is 142 Å². The Morgan fingerprint density at radius 2 is 1.75 bits per heavy atom. The van der Waals surface area contributed by atoms with Crippen LogP contribution in [0.25, 0.3) is 11.3 Å². The zero-order valence-electron chi connectivity index (χ0n) is 13.9. The zero-order valence-corrected chi connectivity index (χ0v) is 13.9. The van der Waals surface area contributed by atoms with Gasteiger partial charge in [-0.3, -0.25) is 0 Å². The van der Waals surface area contributed by atoms with Gasteiger partial charge in [-0.05, 0) is 30.9 Å². The molecule has 2 aromatic carbocycles. The molecule has 1 aliphatic rings. The van der Waals surface area contributed by atoms with E-state index in [-0.39, 0.29) is 0 Å². The van der Waals surface area contributed by atoms with Crippen LogP contribution in [0.1, 0.15) is 29.7 Å². The van der Waals surface area contributed by atoms with Gasteiger partial charge in [-0.1, -0.05) is 54.6 Å². The van der Waals surface area contributed by atoms with Crippen LogP contribution < -0.4 is 5.32 Å². The minimum absolute atomic E-state index is 0.662. The molecule has 1 heterocycles. The lowest BCUT2D eigenvalue weighted by Gasteiger charge is -2.04. The highest BCUT2D eigenvalue weighted by molar-refractivity contribution is 5.60. The number of aromatic nitrogens is 3. The fourth-order valence-electron chi connectivity index (χ4n) is 2.86. The Morgan fingerprint density at radius 3 is 2.50 bits per heavy atom. The predicted octanol–water partition coefficient (Wildman–Crippen LogP) is 3.55. The highest BCUT2D eigenvalue weighted by atomic mass is 15.5. The van der Waals surface area contributed by atoms with Crippen LogP contribution in [-0.2, 0) is 13.1 Å². The topological polar surface area (TPSA) is 42.7 Å². The molecule has 24 heavy (non-hydrogen) atoms. The Kier molecular flexibility index (Phi) is 4.13. The molecule has 1 saturated carbocycles. The molecule has 1 aromatic heterocycles. The molecule has 0 aliphatic heterocycles. The Hall–Kier alpha value is -2.46. The van der Waals surface area contributed by atoms with Gasteiger partial charge >= 0.3 is 0 Å². The quantitative estimate of drug-likeness (QED) is 0.756. The second kappa shape index (κ2) is 6.57. The zero-order chi connectivity index (χ0) is 16.4. The first-order chi connectivity index (χ1) is 11.8. The van der Waals surface area contributed by atoms with Crippen LogP contribution in [0.4, 0.5) is 0 Å². The SMILES string of the molecule is Cc1ccccc1Cn1nc(CNC2CC2)c(-c2ccccc2)n1. The maximum atomic E-state index is 4.78. The molecular formula is C20H22N4. The van der Waals surface area contributed by atoms with E-state index in [4.69, 9.17) is 10.2 Å². The van der Waals surface area contributed by atoms with E-state index in [1.165, 1.54) is 24.0 Å². The Balaban J connectivity index is 1.63. The molecule has 0 radical (unpaired) electrons. The van der Waals surface area contributed by atoms with Gasteiger partial charge in [0.1, 0.15) is 11.4 Å². The van der Waals surface area contributed by atoms with E-state index >= 15 is 0 Å². The smallest absolute Gasteiger partial charge is 0.117 e. The summed E-state index contributed by atoms with van der Waals surface area (Å²) in [5, 5.41) is 13.1. The Morgan fingerprint density at radius 1 is 1.00 bits per heavy atom. The molecule has 0 spiro atoms. The summed E-state index contributed by atoms with van der Waals surface area (Å²) < 4.78 is 0. The highest BCUT2D eigenvalue weighted by Crippen LogP contribution is 2.23. The summed E-state index contributed by atoms with van der Waals surface area (Å²) in [5.74, 6) is 0. The highest BCUT2D eigenvalue weighted by Gasteiger charge is 2.22. The van der Waals surface area contributed by atoms with Gasteiger partial charge in [0, 0.05) is 18.2 Å². The maximum Gasteiger partial charge on any atom is 0.117 e. The third-order valence-corrected chi connectivity index (χ3v) is 4.48. The summed E-state index contributed by atoms with van der Waals surface area (Å²) in [7, 11) is 0. The molecule has 4 heteroatoms. The minimum atomic E-state index is 0.662. The maximum absolute atomic E-state index is 4.78. The number of hydrogen-bond acceptors (Lipinski definition) is 3. The largest absolute Gasteiger partial charge is 0.308 e. The number of hydrogen-bond donors (Lipinski definition) is 1. The summed E-state index contributed by atoms with van der Waals surface area (Å²) in [6.07, 6.45) is 2.55. The van der Waals surface area contributed by atoms with Crippen molar-refractivity contribution in [3.8, 4) is 11.3 Å². The number of rotatable bonds is 6. The van der Waals surface area contributed by atoms with Crippen LogP contribution >= 0.6 is 0 Å². The van der Waals surface area contributed by atoms with Crippen molar-refractivity contribution in [3.63, 3.8) is 0 Å². The fraction of sp³-hybridized carbons (Fsp3) is 0.300.